The van der Waals surface area contributed by atoms with Crippen molar-refractivity contribution in [1.29, 1.82) is 0 Å². The highest BCUT2D eigenvalue weighted by atomic mass is 35.5. The lowest BCUT2D eigenvalue weighted by Crippen LogP contribution is -2.22. The number of amides is 2. The summed E-state index contributed by atoms with van der Waals surface area (Å²) in [7, 11) is 1.53. The van der Waals surface area contributed by atoms with Gasteiger partial charge < -0.3 is 19.8 Å². The van der Waals surface area contributed by atoms with Gasteiger partial charge in [0.1, 0.15) is 5.75 Å². The molecule has 1 unspecified atom stereocenters. The van der Waals surface area contributed by atoms with Crippen molar-refractivity contribution in [1.82, 2.24) is 0 Å². The van der Waals surface area contributed by atoms with Crippen LogP contribution in [-0.2, 0) is 4.79 Å². The predicted octanol–water partition coefficient (Wildman–Crippen LogP) is 5.31. The van der Waals surface area contributed by atoms with Crippen molar-refractivity contribution in [2.24, 2.45) is 0 Å². The molecule has 3 aromatic rings. The lowest BCUT2D eigenvalue weighted by atomic mass is 10.3. The molecule has 0 aliphatic rings. The Kier molecular flexibility index (Phi) is 6.85. The molecule has 29 heavy (non-hydrogen) atoms. The van der Waals surface area contributed by atoms with Crippen LogP contribution >= 0.6 is 23.4 Å². The number of hydrogen-bond acceptors (Lipinski definition) is 5. The molecule has 1 heterocycles. The second-order valence-corrected chi connectivity index (χ2v) is 7.88. The van der Waals surface area contributed by atoms with Gasteiger partial charge in [-0.25, -0.2) is 0 Å². The lowest BCUT2D eigenvalue weighted by molar-refractivity contribution is -0.115. The molecule has 150 valence electrons. The van der Waals surface area contributed by atoms with Gasteiger partial charge >= 0.3 is 0 Å². The minimum absolute atomic E-state index is 0.166. The number of benzene rings is 2. The molecule has 0 fully saturated rings. The monoisotopic (exact) mass is 430 g/mol. The minimum Gasteiger partial charge on any atom is -0.495 e. The van der Waals surface area contributed by atoms with E-state index in [4.69, 9.17) is 20.8 Å². The van der Waals surface area contributed by atoms with Gasteiger partial charge in [-0.15, -0.1) is 11.8 Å². The third kappa shape index (κ3) is 5.56. The summed E-state index contributed by atoms with van der Waals surface area (Å²) in [4.78, 5) is 25.5. The van der Waals surface area contributed by atoms with Gasteiger partial charge in [0, 0.05) is 16.3 Å². The van der Waals surface area contributed by atoms with Crippen LogP contribution in [0, 0.1) is 0 Å². The third-order valence-corrected chi connectivity index (χ3v) is 5.33. The molecule has 3 rings (SSSR count). The van der Waals surface area contributed by atoms with Crippen molar-refractivity contribution in [3.8, 4) is 5.75 Å². The molecule has 2 aromatic carbocycles. The molecule has 0 saturated carbocycles. The Morgan fingerprint density at radius 1 is 1.07 bits per heavy atom. The Hall–Kier alpha value is -2.90. The van der Waals surface area contributed by atoms with Gasteiger partial charge in [-0.05, 0) is 55.5 Å². The second kappa shape index (κ2) is 9.54. The van der Waals surface area contributed by atoms with Crippen LogP contribution in [0.15, 0.2) is 70.2 Å². The van der Waals surface area contributed by atoms with Crippen LogP contribution in [0.25, 0.3) is 0 Å². The molecule has 2 amide bonds. The van der Waals surface area contributed by atoms with E-state index in [9.17, 15) is 9.59 Å². The number of methoxy groups -OCH3 is 1. The standard InChI is InChI=1S/C21H19ClN2O4S/c1-13(20(25)23-15-8-9-18(27-2)17(22)12-15)29-16-6-3-5-14(11-16)24-21(26)19-7-4-10-28-19/h3-13H,1-2H3,(H,23,25)(H,24,26). The van der Waals surface area contributed by atoms with Crippen LogP contribution in [-0.4, -0.2) is 24.2 Å². The smallest absolute Gasteiger partial charge is 0.291 e. The maximum atomic E-state index is 12.5. The first-order chi connectivity index (χ1) is 14.0. The molecular formula is C21H19ClN2O4S. The summed E-state index contributed by atoms with van der Waals surface area (Å²) >= 11 is 7.47. The molecule has 1 aromatic heterocycles. The Morgan fingerprint density at radius 3 is 2.55 bits per heavy atom. The third-order valence-electron chi connectivity index (χ3n) is 3.94. The highest BCUT2D eigenvalue weighted by Gasteiger charge is 2.16. The van der Waals surface area contributed by atoms with Gasteiger partial charge in [0.25, 0.3) is 5.91 Å². The number of carbonyl (C=O) groups excluding carboxylic acids is 2. The fraction of sp³-hybridized carbons (Fsp3) is 0.143. The SMILES string of the molecule is COc1ccc(NC(=O)C(C)Sc2cccc(NC(=O)c3ccco3)c2)cc1Cl. The van der Waals surface area contributed by atoms with Gasteiger partial charge in [0.15, 0.2) is 5.76 Å². The van der Waals surface area contributed by atoms with Gasteiger partial charge in [0.2, 0.25) is 5.91 Å². The van der Waals surface area contributed by atoms with Crippen molar-refractivity contribution < 1.29 is 18.7 Å². The van der Waals surface area contributed by atoms with Crippen LogP contribution in [0.5, 0.6) is 5.75 Å². The van der Waals surface area contributed by atoms with Crippen molar-refractivity contribution in [2.45, 2.75) is 17.1 Å². The van der Waals surface area contributed by atoms with Crippen molar-refractivity contribution in [2.75, 3.05) is 17.7 Å². The zero-order valence-corrected chi connectivity index (χ0v) is 17.3. The molecule has 0 aliphatic heterocycles. The Morgan fingerprint density at radius 2 is 1.86 bits per heavy atom. The Bertz CT molecular complexity index is 1010. The number of nitrogens with one attached hydrogen (secondary N) is 2. The van der Waals surface area contributed by atoms with Crippen molar-refractivity contribution in [3.05, 3.63) is 71.6 Å². The average Bonchev–Trinajstić information content (AvgIpc) is 3.23. The van der Waals surface area contributed by atoms with Crippen molar-refractivity contribution in [3.63, 3.8) is 0 Å². The first kappa shape index (κ1) is 20.8. The van der Waals surface area contributed by atoms with E-state index in [1.807, 2.05) is 12.1 Å². The molecular weight excluding hydrogens is 412 g/mol. The summed E-state index contributed by atoms with van der Waals surface area (Å²) in [6, 6.07) is 15.6. The fourth-order valence-corrected chi connectivity index (χ4v) is 3.68. The topological polar surface area (TPSA) is 80.6 Å². The zero-order valence-electron chi connectivity index (χ0n) is 15.8. The van der Waals surface area contributed by atoms with Gasteiger partial charge in [0.05, 0.1) is 23.6 Å². The lowest BCUT2D eigenvalue weighted by Gasteiger charge is -2.13. The van der Waals surface area contributed by atoms with E-state index in [0.717, 1.165) is 4.90 Å². The van der Waals surface area contributed by atoms with Gasteiger partial charge in [-0.2, -0.15) is 0 Å². The van der Waals surface area contributed by atoms with E-state index in [-0.39, 0.29) is 22.8 Å². The summed E-state index contributed by atoms with van der Waals surface area (Å²) < 4.78 is 10.2. The molecule has 0 spiro atoms. The number of halogens is 1. The molecule has 6 nitrogen and oxygen atoms in total. The first-order valence-electron chi connectivity index (χ1n) is 8.72. The molecule has 1 atom stereocenters. The van der Waals surface area contributed by atoms with E-state index in [1.54, 1.807) is 49.4 Å². The highest BCUT2D eigenvalue weighted by molar-refractivity contribution is 8.00. The van der Waals surface area contributed by atoms with Gasteiger partial charge in [-0.3, -0.25) is 9.59 Å². The average molecular weight is 431 g/mol. The van der Waals surface area contributed by atoms with Crippen LogP contribution in [0.3, 0.4) is 0 Å². The van der Waals surface area contributed by atoms with Gasteiger partial charge in [-0.1, -0.05) is 17.7 Å². The number of ether oxygens (including phenoxy) is 1. The summed E-state index contributed by atoms with van der Waals surface area (Å²) in [5.41, 5.74) is 1.21. The Balaban J connectivity index is 1.61. The summed E-state index contributed by atoms with van der Waals surface area (Å²) in [6.45, 7) is 1.80. The number of furan rings is 1. The Labute approximate surface area is 177 Å². The molecule has 8 heteroatoms. The van der Waals surface area contributed by atoms with Crippen LogP contribution < -0.4 is 15.4 Å². The molecule has 0 aliphatic carbocycles. The van der Waals surface area contributed by atoms with E-state index in [1.165, 1.54) is 25.1 Å². The van der Waals surface area contributed by atoms with E-state index in [2.05, 4.69) is 10.6 Å². The molecule has 2 N–H and O–H groups in total. The summed E-state index contributed by atoms with van der Waals surface area (Å²) in [6.07, 6.45) is 1.44. The van der Waals surface area contributed by atoms with E-state index in [0.29, 0.717) is 22.1 Å². The quantitative estimate of drug-likeness (QED) is 0.496. The first-order valence-corrected chi connectivity index (χ1v) is 9.98. The fourth-order valence-electron chi connectivity index (χ4n) is 2.49. The normalized spacial score (nSPS) is 11.6. The summed E-state index contributed by atoms with van der Waals surface area (Å²) in [5, 5.41) is 5.66. The maximum Gasteiger partial charge on any atom is 0.291 e. The highest BCUT2D eigenvalue weighted by Crippen LogP contribution is 2.29. The molecule has 0 radical (unpaired) electrons. The van der Waals surface area contributed by atoms with Crippen LogP contribution in [0.2, 0.25) is 5.02 Å². The largest absolute Gasteiger partial charge is 0.495 e. The number of rotatable bonds is 7. The van der Waals surface area contributed by atoms with E-state index >= 15 is 0 Å². The predicted molar refractivity (Wildman–Crippen MR) is 115 cm³/mol. The van der Waals surface area contributed by atoms with Crippen LogP contribution in [0.4, 0.5) is 11.4 Å². The van der Waals surface area contributed by atoms with E-state index < -0.39 is 0 Å². The molecule has 0 saturated heterocycles. The summed E-state index contributed by atoms with van der Waals surface area (Å²) in [5.74, 6) is 0.273. The van der Waals surface area contributed by atoms with Crippen LogP contribution in [0.1, 0.15) is 17.5 Å². The number of hydrogen-bond donors (Lipinski definition) is 2. The molecule has 0 bridgehead atoms. The zero-order chi connectivity index (χ0) is 20.8. The van der Waals surface area contributed by atoms with Crippen molar-refractivity contribution >= 4 is 46.6 Å². The number of anilines is 2. The minimum atomic E-state index is -0.369. The maximum absolute atomic E-state index is 12.5. The number of carbonyl (C=O) groups is 2. The second-order valence-electron chi connectivity index (χ2n) is 6.06. The number of thioether (sulfide) groups is 1.